The molecule has 0 saturated carbocycles. The van der Waals surface area contributed by atoms with Crippen LogP contribution in [0, 0.1) is 0 Å². The summed E-state index contributed by atoms with van der Waals surface area (Å²) >= 11 is 0. The van der Waals surface area contributed by atoms with Gasteiger partial charge in [-0.05, 0) is 30.2 Å². The molecule has 3 rings (SSSR count). The lowest BCUT2D eigenvalue weighted by molar-refractivity contribution is -0.135. The SMILES string of the molecule is CC(C(=O)N1CCNCC1c1cccnc1)c1cccnc1.Cl.Cl. The standard InChI is InChI=1S/C17H20N4O.2ClH/c1-13(14-4-2-6-18-10-14)17(22)21-9-8-20-12-16(21)15-5-3-7-19-11-15;;/h2-7,10-11,13,16,20H,8-9,12H2,1H3;2*1H. The summed E-state index contributed by atoms with van der Waals surface area (Å²) in [6.07, 6.45) is 7.09. The molecule has 2 aromatic heterocycles. The van der Waals surface area contributed by atoms with E-state index in [0.29, 0.717) is 6.54 Å². The molecule has 7 heteroatoms. The van der Waals surface area contributed by atoms with Gasteiger partial charge in [-0.2, -0.15) is 0 Å². The van der Waals surface area contributed by atoms with Crippen LogP contribution in [0.5, 0.6) is 0 Å². The highest BCUT2D eigenvalue weighted by molar-refractivity contribution is 5.85. The molecule has 0 spiro atoms. The number of amides is 1. The Morgan fingerprint density at radius 1 is 1.21 bits per heavy atom. The molecule has 0 bridgehead atoms. The van der Waals surface area contributed by atoms with Crippen molar-refractivity contribution in [1.82, 2.24) is 20.2 Å². The number of hydrogen-bond donors (Lipinski definition) is 1. The van der Waals surface area contributed by atoms with Gasteiger partial charge in [-0.3, -0.25) is 14.8 Å². The van der Waals surface area contributed by atoms with E-state index in [9.17, 15) is 4.79 Å². The first-order chi connectivity index (χ1) is 10.8. The molecule has 2 unspecified atom stereocenters. The van der Waals surface area contributed by atoms with Gasteiger partial charge >= 0.3 is 0 Å². The van der Waals surface area contributed by atoms with Crippen molar-refractivity contribution in [3.8, 4) is 0 Å². The average Bonchev–Trinajstić information content (AvgIpc) is 2.62. The zero-order valence-electron chi connectivity index (χ0n) is 13.5. The van der Waals surface area contributed by atoms with Gasteiger partial charge in [0.1, 0.15) is 0 Å². The van der Waals surface area contributed by atoms with Crippen LogP contribution in [-0.2, 0) is 4.79 Å². The van der Waals surface area contributed by atoms with Crippen molar-refractivity contribution in [2.24, 2.45) is 0 Å². The van der Waals surface area contributed by atoms with Crippen LogP contribution in [0.4, 0.5) is 0 Å². The lowest BCUT2D eigenvalue weighted by Crippen LogP contribution is -2.49. The Morgan fingerprint density at radius 3 is 2.54 bits per heavy atom. The first-order valence-electron chi connectivity index (χ1n) is 7.58. The molecule has 1 aliphatic rings. The Morgan fingerprint density at radius 2 is 1.92 bits per heavy atom. The molecule has 3 heterocycles. The third-order valence-corrected chi connectivity index (χ3v) is 4.15. The number of aromatic nitrogens is 2. The minimum atomic E-state index is -0.189. The first kappa shape index (κ1) is 20.4. The maximum Gasteiger partial charge on any atom is 0.230 e. The van der Waals surface area contributed by atoms with Crippen LogP contribution in [-0.4, -0.2) is 40.4 Å². The topological polar surface area (TPSA) is 58.1 Å². The molecule has 2 aromatic rings. The van der Waals surface area contributed by atoms with Crippen LogP contribution in [0.15, 0.2) is 49.1 Å². The van der Waals surface area contributed by atoms with Crippen LogP contribution in [0.2, 0.25) is 0 Å². The molecule has 0 radical (unpaired) electrons. The van der Waals surface area contributed by atoms with Gasteiger partial charge in [0.25, 0.3) is 0 Å². The molecule has 0 aliphatic carbocycles. The van der Waals surface area contributed by atoms with Crippen molar-refractivity contribution in [1.29, 1.82) is 0 Å². The van der Waals surface area contributed by atoms with Gasteiger partial charge in [0, 0.05) is 44.4 Å². The Kier molecular flexibility index (Phi) is 8.11. The lowest BCUT2D eigenvalue weighted by atomic mass is 9.98. The zero-order chi connectivity index (χ0) is 15.4. The molecule has 1 aliphatic heterocycles. The van der Waals surface area contributed by atoms with Crippen molar-refractivity contribution in [3.05, 3.63) is 60.2 Å². The number of carbonyl (C=O) groups is 1. The molecule has 1 saturated heterocycles. The van der Waals surface area contributed by atoms with E-state index in [1.54, 1.807) is 18.6 Å². The molecule has 1 N–H and O–H groups in total. The number of nitrogens with zero attached hydrogens (tertiary/aromatic N) is 3. The molecule has 24 heavy (non-hydrogen) atoms. The summed E-state index contributed by atoms with van der Waals surface area (Å²) in [6, 6.07) is 7.80. The second-order valence-electron chi connectivity index (χ2n) is 5.55. The van der Waals surface area contributed by atoms with Crippen molar-refractivity contribution >= 4 is 30.7 Å². The van der Waals surface area contributed by atoms with E-state index >= 15 is 0 Å². The van der Waals surface area contributed by atoms with E-state index in [4.69, 9.17) is 0 Å². The summed E-state index contributed by atoms with van der Waals surface area (Å²) in [6.45, 7) is 4.24. The predicted molar refractivity (Wildman–Crippen MR) is 98.7 cm³/mol. The molecule has 5 nitrogen and oxygen atoms in total. The normalized spacial score (nSPS) is 18.0. The van der Waals surface area contributed by atoms with Gasteiger partial charge in [-0.25, -0.2) is 0 Å². The summed E-state index contributed by atoms with van der Waals surface area (Å²) in [4.78, 5) is 23.2. The van der Waals surface area contributed by atoms with E-state index in [2.05, 4.69) is 15.3 Å². The lowest BCUT2D eigenvalue weighted by Gasteiger charge is -2.38. The van der Waals surface area contributed by atoms with Gasteiger partial charge in [0.15, 0.2) is 0 Å². The van der Waals surface area contributed by atoms with E-state index in [0.717, 1.165) is 24.2 Å². The van der Waals surface area contributed by atoms with E-state index in [1.807, 2.05) is 42.3 Å². The molecule has 1 fully saturated rings. The van der Waals surface area contributed by atoms with Crippen molar-refractivity contribution in [3.63, 3.8) is 0 Å². The predicted octanol–water partition coefficient (Wildman–Crippen LogP) is 2.60. The average molecular weight is 369 g/mol. The Bertz CT molecular complexity index is 627. The van der Waals surface area contributed by atoms with Crippen LogP contribution >= 0.6 is 24.8 Å². The minimum absolute atomic E-state index is 0. The Hall–Kier alpha value is -1.69. The summed E-state index contributed by atoms with van der Waals surface area (Å²) in [5.74, 6) is -0.0469. The van der Waals surface area contributed by atoms with Crippen molar-refractivity contribution in [2.75, 3.05) is 19.6 Å². The summed E-state index contributed by atoms with van der Waals surface area (Å²) in [7, 11) is 0. The maximum atomic E-state index is 12.9. The maximum absolute atomic E-state index is 12.9. The Labute approximate surface area is 154 Å². The van der Waals surface area contributed by atoms with Gasteiger partial charge < -0.3 is 10.2 Å². The molecule has 130 valence electrons. The summed E-state index contributed by atoms with van der Waals surface area (Å²) in [5.41, 5.74) is 2.03. The fraction of sp³-hybridized carbons (Fsp3) is 0.353. The third-order valence-electron chi connectivity index (χ3n) is 4.15. The fourth-order valence-electron chi connectivity index (χ4n) is 2.86. The van der Waals surface area contributed by atoms with Crippen LogP contribution in [0.25, 0.3) is 0 Å². The quantitative estimate of drug-likeness (QED) is 0.904. The highest BCUT2D eigenvalue weighted by atomic mass is 35.5. The number of halogens is 2. The van der Waals surface area contributed by atoms with Crippen LogP contribution in [0.1, 0.15) is 30.0 Å². The molecule has 0 aromatic carbocycles. The number of pyridine rings is 2. The monoisotopic (exact) mass is 368 g/mol. The largest absolute Gasteiger partial charge is 0.333 e. The number of piperazine rings is 1. The molecule has 1 amide bonds. The number of carbonyl (C=O) groups excluding carboxylic acids is 1. The highest BCUT2D eigenvalue weighted by Gasteiger charge is 2.31. The van der Waals surface area contributed by atoms with Crippen molar-refractivity contribution in [2.45, 2.75) is 18.9 Å². The number of rotatable bonds is 3. The number of nitrogens with one attached hydrogen (secondary N) is 1. The molecule has 2 atom stereocenters. The minimum Gasteiger partial charge on any atom is -0.333 e. The van der Waals surface area contributed by atoms with E-state index in [-0.39, 0.29) is 42.7 Å². The second kappa shape index (κ2) is 9.57. The smallest absolute Gasteiger partial charge is 0.230 e. The van der Waals surface area contributed by atoms with Gasteiger partial charge in [-0.15, -0.1) is 24.8 Å². The summed E-state index contributed by atoms with van der Waals surface area (Å²) in [5, 5.41) is 3.36. The number of hydrogen-bond acceptors (Lipinski definition) is 4. The summed E-state index contributed by atoms with van der Waals surface area (Å²) < 4.78 is 0. The van der Waals surface area contributed by atoms with E-state index in [1.165, 1.54) is 0 Å². The van der Waals surface area contributed by atoms with Crippen molar-refractivity contribution < 1.29 is 4.79 Å². The third kappa shape index (κ3) is 4.44. The fourth-order valence-corrected chi connectivity index (χ4v) is 2.86. The zero-order valence-corrected chi connectivity index (χ0v) is 15.1. The first-order valence-corrected chi connectivity index (χ1v) is 7.58. The van der Waals surface area contributed by atoms with Gasteiger partial charge in [0.2, 0.25) is 5.91 Å². The van der Waals surface area contributed by atoms with Crippen LogP contribution in [0.3, 0.4) is 0 Å². The second-order valence-corrected chi connectivity index (χ2v) is 5.55. The molecular formula is C17H22Cl2N4O. The van der Waals surface area contributed by atoms with Gasteiger partial charge in [-0.1, -0.05) is 12.1 Å². The van der Waals surface area contributed by atoms with E-state index < -0.39 is 0 Å². The van der Waals surface area contributed by atoms with Crippen LogP contribution < -0.4 is 5.32 Å². The molecular weight excluding hydrogens is 347 g/mol. The van der Waals surface area contributed by atoms with Gasteiger partial charge in [0.05, 0.1) is 12.0 Å². The Balaban J connectivity index is 0.00000144. The highest BCUT2D eigenvalue weighted by Crippen LogP contribution is 2.26.